The Hall–Kier alpha value is -1.85. The molecule has 3 rings (SSSR count). The molecule has 1 aliphatic heterocycles. The highest BCUT2D eigenvalue weighted by Crippen LogP contribution is 2.15. The van der Waals surface area contributed by atoms with E-state index in [1.807, 2.05) is 47.8 Å². The second-order valence-corrected chi connectivity index (χ2v) is 6.64. The van der Waals surface area contributed by atoms with E-state index in [2.05, 4.69) is 23.4 Å². The van der Waals surface area contributed by atoms with Crippen molar-refractivity contribution in [1.29, 1.82) is 0 Å². The number of rotatable bonds is 4. The van der Waals surface area contributed by atoms with Gasteiger partial charge in [0.1, 0.15) is 0 Å². The number of halogens is 1. The van der Waals surface area contributed by atoms with Crippen LogP contribution in [-0.2, 0) is 6.54 Å². The predicted octanol–water partition coefficient (Wildman–Crippen LogP) is 2.79. The summed E-state index contributed by atoms with van der Waals surface area (Å²) in [6.45, 7) is 6.46. The Morgan fingerprint density at radius 1 is 1.20 bits per heavy atom. The van der Waals surface area contributed by atoms with Gasteiger partial charge in [0.25, 0.3) is 5.91 Å². The molecule has 25 heavy (non-hydrogen) atoms. The molecule has 1 N–H and O–H groups in total. The van der Waals surface area contributed by atoms with E-state index in [0.29, 0.717) is 6.04 Å². The van der Waals surface area contributed by atoms with Crippen LogP contribution in [0.15, 0.2) is 30.3 Å². The fourth-order valence-electron chi connectivity index (χ4n) is 3.31. The number of amides is 1. The Bertz CT molecular complexity index is 703. The van der Waals surface area contributed by atoms with Crippen molar-refractivity contribution >= 4 is 18.3 Å². The summed E-state index contributed by atoms with van der Waals surface area (Å²) in [5, 5.41) is 7.78. The molecule has 1 amide bonds. The maximum atomic E-state index is 12.6. The molecule has 0 spiro atoms. The molecule has 1 aliphatic rings. The quantitative estimate of drug-likeness (QED) is 0.909. The molecule has 136 valence electrons. The summed E-state index contributed by atoms with van der Waals surface area (Å²) in [6, 6.07) is 10.6. The maximum Gasteiger partial charge on any atom is 0.253 e. The molecule has 1 aromatic carbocycles. The van der Waals surface area contributed by atoms with Gasteiger partial charge in [-0.3, -0.25) is 9.48 Å². The number of hydrogen-bond acceptors (Lipinski definition) is 3. The Morgan fingerprint density at radius 2 is 1.84 bits per heavy atom. The average Bonchev–Trinajstić information content (AvgIpc) is 2.92. The number of benzene rings is 1. The summed E-state index contributed by atoms with van der Waals surface area (Å²) in [4.78, 5) is 14.6. The zero-order valence-electron chi connectivity index (χ0n) is 15.2. The number of aromatic nitrogens is 2. The molecule has 1 fully saturated rings. The first kappa shape index (κ1) is 19.5. The minimum absolute atomic E-state index is 0. The molecule has 2 heterocycles. The van der Waals surface area contributed by atoms with Crippen molar-refractivity contribution in [3.63, 3.8) is 0 Å². The molecule has 0 radical (unpaired) electrons. The van der Waals surface area contributed by atoms with Gasteiger partial charge < -0.3 is 10.2 Å². The van der Waals surface area contributed by atoms with E-state index in [9.17, 15) is 4.79 Å². The van der Waals surface area contributed by atoms with Gasteiger partial charge in [0.05, 0.1) is 12.2 Å². The van der Waals surface area contributed by atoms with Crippen molar-refractivity contribution in [2.45, 2.75) is 39.3 Å². The highest BCUT2D eigenvalue weighted by Gasteiger charge is 2.22. The molecule has 2 aromatic rings. The maximum absolute atomic E-state index is 12.6. The lowest BCUT2D eigenvalue weighted by Crippen LogP contribution is -2.43. The van der Waals surface area contributed by atoms with Crippen molar-refractivity contribution in [2.75, 3.05) is 20.1 Å². The van der Waals surface area contributed by atoms with E-state index in [0.717, 1.165) is 55.0 Å². The molecule has 6 heteroatoms. The predicted molar refractivity (Wildman–Crippen MR) is 102 cm³/mol. The second kappa shape index (κ2) is 8.50. The normalized spacial score (nSPS) is 15.1. The molecule has 0 bridgehead atoms. The first-order valence-corrected chi connectivity index (χ1v) is 8.63. The Balaban J connectivity index is 0.00000225. The van der Waals surface area contributed by atoms with Crippen LogP contribution in [0.3, 0.4) is 0 Å². The van der Waals surface area contributed by atoms with Crippen LogP contribution in [-0.4, -0.2) is 46.8 Å². The summed E-state index contributed by atoms with van der Waals surface area (Å²) >= 11 is 0. The van der Waals surface area contributed by atoms with Crippen LogP contribution >= 0.6 is 12.4 Å². The monoisotopic (exact) mass is 362 g/mol. The minimum atomic E-state index is 0. The molecular weight excluding hydrogens is 336 g/mol. The number of piperidine rings is 1. The van der Waals surface area contributed by atoms with Gasteiger partial charge in [-0.2, -0.15) is 5.10 Å². The lowest BCUT2D eigenvalue weighted by Gasteiger charge is -2.31. The summed E-state index contributed by atoms with van der Waals surface area (Å²) in [6.07, 6.45) is 2.05. The average molecular weight is 363 g/mol. The molecule has 0 saturated carbocycles. The molecule has 0 aliphatic carbocycles. The van der Waals surface area contributed by atoms with Gasteiger partial charge >= 0.3 is 0 Å². The number of nitrogens with one attached hydrogen (secondary N) is 1. The molecule has 5 nitrogen and oxygen atoms in total. The van der Waals surface area contributed by atoms with Crippen molar-refractivity contribution in [1.82, 2.24) is 20.0 Å². The molecule has 1 saturated heterocycles. The number of carbonyl (C=O) groups excluding carboxylic acids is 1. The summed E-state index contributed by atoms with van der Waals surface area (Å²) < 4.78 is 1.99. The SMILES string of the molecule is CNC1CCN(C(=O)c2ccc(Cn3nc(C)cc3C)cc2)CC1.Cl. The van der Waals surface area contributed by atoms with Crippen molar-refractivity contribution in [2.24, 2.45) is 0 Å². The fourth-order valence-corrected chi connectivity index (χ4v) is 3.31. The van der Waals surface area contributed by atoms with Gasteiger partial charge in [-0.1, -0.05) is 12.1 Å². The van der Waals surface area contributed by atoms with Gasteiger partial charge in [-0.25, -0.2) is 0 Å². The number of nitrogens with zero attached hydrogens (tertiary/aromatic N) is 3. The minimum Gasteiger partial charge on any atom is -0.339 e. The smallest absolute Gasteiger partial charge is 0.253 e. The van der Waals surface area contributed by atoms with E-state index in [1.54, 1.807) is 0 Å². The third-order valence-electron chi connectivity index (χ3n) is 4.83. The Morgan fingerprint density at radius 3 is 2.36 bits per heavy atom. The zero-order valence-corrected chi connectivity index (χ0v) is 16.0. The number of likely N-dealkylation sites (tertiary alicyclic amines) is 1. The van der Waals surface area contributed by atoms with Crippen LogP contribution in [0.1, 0.15) is 40.2 Å². The highest BCUT2D eigenvalue weighted by molar-refractivity contribution is 5.94. The summed E-state index contributed by atoms with van der Waals surface area (Å²) in [7, 11) is 1.99. The first-order chi connectivity index (χ1) is 11.6. The van der Waals surface area contributed by atoms with E-state index in [-0.39, 0.29) is 18.3 Å². The number of aryl methyl sites for hydroxylation is 2. The first-order valence-electron chi connectivity index (χ1n) is 8.63. The molecular formula is C19H27ClN4O. The van der Waals surface area contributed by atoms with Gasteiger partial charge in [-0.15, -0.1) is 12.4 Å². The third kappa shape index (κ3) is 4.61. The molecule has 1 aromatic heterocycles. The molecule has 0 atom stereocenters. The van der Waals surface area contributed by atoms with E-state index >= 15 is 0 Å². The third-order valence-corrected chi connectivity index (χ3v) is 4.83. The van der Waals surface area contributed by atoms with Crippen molar-refractivity contribution < 1.29 is 4.79 Å². The number of carbonyl (C=O) groups is 1. The van der Waals surface area contributed by atoms with Crippen LogP contribution in [0.2, 0.25) is 0 Å². The lowest BCUT2D eigenvalue weighted by molar-refractivity contribution is 0.0707. The fraction of sp³-hybridized carbons (Fsp3) is 0.474. The lowest BCUT2D eigenvalue weighted by atomic mass is 10.0. The van der Waals surface area contributed by atoms with Gasteiger partial charge in [-0.05, 0) is 57.5 Å². The molecule has 0 unspecified atom stereocenters. The Labute approximate surface area is 155 Å². The number of hydrogen-bond donors (Lipinski definition) is 1. The van der Waals surface area contributed by atoms with Crippen LogP contribution in [0.25, 0.3) is 0 Å². The van der Waals surface area contributed by atoms with E-state index in [4.69, 9.17) is 0 Å². The summed E-state index contributed by atoms with van der Waals surface area (Å²) in [5.41, 5.74) is 4.12. The second-order valence-electron chi connectivity index (χ2n) is 6.64. The van der Waals surface area contributed by atoms with Crippen LogP contribution in [0.4, 0.5) is 0 Å². The Kier molecular flexibility index (Phi) is 6.62. The topological polar surface area (TPSA) is 50.2 Å². The summed E-state index contributed by atoms with van der Waals surface area (Å²) in [5.74, 6) is 0.141. The van der Waals surface area contributed by atoms with Gasteiger partial charge in [0.2, 0.25) is 0 Å². The highest BCUT2D eigenvalue weighted by atomic mass is 35.5. The van der Waals surface area contributed by atoms with Crippen LogP contribution in [0, 0.1) is 13.8 Å². The van der Waals surface area contributed by atoms with Crippen molar-refractivity contribution in [3.8, 4) is 0 Å². The zero-order chi connectivity index (χ0) is 17.1. The van der Waals surface area contributed by atoms with E-state index in [1.165, 1.54) is 0 Å². The van der Waals surface area contributed by atoms with E-state index < -0.39 is 0 Å². The standard InChI is InChI=1S/C19H26N4O.ClH/c1-14-12-15(2)23(21-14)13-16-4-6-17(7-5-16)19(24)22-10-8-18(20-3)9-11-22;/h4-7,12,18,20H,8-11,13H2,1-3H3;1H. The largest absolute Gasteiger partial charge is 0.339 e. The van der Waals surface area contributed by atoms with Crippen LogP contribution in [0.5, 0.6) is 0 Å². The van der Waals surface area contributed by atoms with Crippen LogP contribution < -0.4 is 5.32 Å². The van der Waals surface area contributed by atoms with Gasteiger partial charge in [0, 0.05) is 30.4 Å². The van der Waals surface area contributed by atoms with Gasteiger partial charge in [0.15, 0.2) is 0 Å². The van der Waals surface area contributed by atoms with Crippen molar-refractivity contribution in [3.05, 3.63) is 52.8 Å².